The monoisotopic (exact) mass is 408 g/mol. The SMILES string of the molecule is CCN1CCC(NC(=O)CN2CCN(S(=O)(=O)c3ccc(C)cc3)CC2)CC1. The fourth-order valence-electron chi connectivity index (χ4n) is 3.86. The Kier molecular flexibility index (Phi) is 7.09. The summed E-state index contributed by atoms with van der Waals surface area (Å²) in [5.74, 6) is 0.0461. The van der Waals surface area contributed by atoms with Crippen molar-refractivity contribution in [3.8, 4) is 0 Å². The molecular formula is C20H32N4O3S. The number of amides is 1. The molecule has 0 spiro atoms. The zero-order chi connectivity index (χ0) is 20.1. The van der Waals surface area contributed by atoms with E-state index in [9.17, 15) is 13.2 Å². The van der Waals surface area contributed by atoms with Crippen molar-refractivity contribution in [1.82, 2.24) is 19.4 Å². The van der Waals surface area contributed by atoms with Crippen LogP contribution in [0.15, 0.2) is 29.2 Å². The van der Waals surface area contributed by atoms with Gasteiger partial charge in [-0.05, 0) is 38.4 Å². The molecule has 1 aromatic rings. The highest BCUT2D eigenvalue weighted by Gasteiger charge is 2.29. The number of nitrogens with one attached hydrogen (secondary N) is 1. The average molecular weight is 409 g/mol. The van der Waals surface area contributed by atoms with Gasteiger partial charge in [0.05, 0.1) is 11.4 Å². The summed E-state index contributed by atoms with van der Waals surface area (Å²) in [6, 6.07) is 7.22. The van der Waals surface area contributed by atoms with Gasteiger partial charge in [-0.3, -0.25) is 9.69 Å². The van der Waals surface area contributed by atoms with Crippen LogP contribution in [0.1, 0.15) is 25.3 Å². The number of likely N-dealkylation sites (tertiary alicyclic amines) is 1. The summed E-state index contributed by atoms with van der Waals surface area (Å²) in [7, 11) is -3.46. The van der Waals surface area contributed by atoms with Crippen LogP contribution in [0.5, 0.6) is 0 Å². The Morgan fingerprint density at radius 1 is 1.00 bits per heavy atom. The molecule has 0 bridgehead atoms. The Morgan fingerprint density at radius 2 is 1.61 bits per heavy atom. The van der Waals surface area contributed by atoms with Crippen LogP contribution in [0.3, 0.4) is 0 Å². The van der Waals surface area contributed by atoms with Crippen molar-refractivity contribution in [1.29, 1.82) is 0 Å². The first-order valence-electron chi connectivity index (χ1n) is 10.2. The van der Waals surface area contributed by atoms with Crippen LogP contribution in [0, 0.1) is 6.92 Å². The molecule has 0 aromatic heterocycles. The topological polar surface area (TPSA) is 73.0 Å². The molecule has 1 N–H and O–H groups in total. The zero-order valence-electron chi connectivity index (χ0n) is 16.9. The molecule has 2 aliphatic rings. The third-order valence-electron chi connectivity index (χ3n) is 5.76. The van der Waals surface area contributed by atoms with Gasteiger partial charge >= 0.3 is 0 Å². The number of piperidine rings is 1. The summed E-state index contributed by atoms with van der Waals surface area (Å²) >= 11 is 0. The van der Waals surface area contributed by atoms with Crippen molar-refractivity contribution in [2.75, 3.05) is 52.4 Å². The molecule has 0 atom stereocenters. The number of hydrogen-bond acceptors (Lipinski definition) is 5. The molecule has 3 rings (SSSR count). The van der Waals surface area contributed by atoms with E-state index in [2.05, 4.69) is 17.1 Å². The lowest BCUT2D eigenvalue weighted by Gasteiger charge is -2.35. The number of hydrogen-bond donors (Lipinski definition) is 1. The second-order valence-electron chi connectivity index (χ2n) is 7.77. The predicted molar refractivity (Wildman–Crippen MR) is 110 cm³/mol. The smallest absolute Gasteiger partial charge is 0.243 e. The Balaban J connectivity index is 1.45. The Bertz CT molecular complexity index is 750. The number of sulfonamides is 1. The number of carbonyl (C=O) groups is 1. The van der Waals surface area contributed by atoms with Crippen LogP contribution < -0.4 is 5.32 Å². The summed E-state index contributed by atoms with van der Waals surface area (Å²) in [6.45, 7) is 9.57. The maximum absolute atomic E-state index is 12.8. The van der Waals surface area contributed by atoms with Crippen molar-refractivity contribution < 1.29 is 13.2 Å². The van der Waals surface area contributed by atoms with E-state index in [0.29, 0.717) is 37.6 Å². The normalized spacial score (nSPS) is 20.9. The summed E-state index contributed by atoms with van der Waals surface area (Å²) < 4.78 is 27.1. The van der Waals surface area contributed by atoms with Crippen LogP contribution in [-0.2, 0) is 14.8 Å². The number of rotatable bonds is 6. The fraction of sp³-hybridized carbons (Fsp3) is 0.650. The number of carbonyl (C=O) groups excluding carboxylic acids is 1. The molecule has 2 aliphatic heterocycles. The van der Waals surface area contributed by atoms with E-state index in [4.69, 9.17) is 0 Å². The Hall–Kier alpha value is -1.48. The molecule has 0 aliphatic carbocycles. The molecule has 0 saturated carbocycles. The highest BCUT2D eigenvalue weighted by Crippen LogP contribution is 2.18. The molecule has 1 aromatic carbocycles. The summed E-state index contributed by atoms with van der Waals surface area (Å²) in [5, 5.41) is 3.14. The molecule has 0 radical (unpaired) electrons. The van der Waals surface area contributed by atoms with Gasteiger partial charge in [0.25, 0.3) is 0 Å². The lowest BCUT2D eigenvalue weighted by molar-refractivity contribution is -0.123. The third kappa shape index (κ3) is 5.31. The van der Waals surface area contributed by atoms with Crippen LogP contribution in [0.25, 0.3) is 0 Å². The Labute approximate surface area is 168 Å². The quantitative estimate of drug-likeness (QED) is 0.757. The van der Waals surface area contributed by atoms with Crippen molar-refractivity contribution in [2.45, 2.75) is 37.6 Å². The van der Waals surface area contributed by atoms with E-state index in [1.165, 1.54) is 4.31 Å². The van der Waals surface area contributed by atoms with Gasteiger partial charge in [-0.15, -0.1) is 0 Å². The molecule has 7 nitrogen and oxygen atoms in total. The minimum absolute atomic E-state index is 0.0461. The van der Waals surface area contributed by atoms with Crippen LogP contribution >= 0.6 is 0 Å². The van der Waals surface area contributed by atoms with E-state index in [0.717, 1.165) is 38.0 Å². The van der Waals surface area contributed by atoms with E-state index in [1.807, 2.05) is 24.0 Å². The zero-order valence-corrected chi connectivity index (χ0v) is 17.7. The van der Waals surface area contributed by atoms with Gasteiger partial charge in [0, 0.05) is 45.3 Å². The highest BCUT2D eigenvalue weighted by molar-refractivity contribution is 7.89. The second-order valence-corrected chi connectivity index (χ2v) is 9.71. The molecule has 8 heteroatoms. The Morgan fingerprint density at radius 3 is 2.18 bits per heavy atom. The average Bonchev–Trinajstić information content (AvgIpc) is 2.69. The van der Waals surface area contributed by atoms with Crippen LogP contribution in [-0.4, -0.2) is 86.8 Å². The lowest BCUT2D eigenvalue weighted by atomic mass is 10.1. The van der Waals surface area contributed by atoms with E-state index in [1.54, 1.807) is 12.1 Å². The molecular weight excluding hydrogens is 376 g/mol. The standard InChI is InChI=1S/C20H32N4O3S/c1-3-22-10-8-18(9-11-22)21-20(25)16-23-12-14-24(15-13-23)28(26,27)19-6-4-17(2)5-7-19/h4-7,18H,3,8-16H2,1-2H3,(H,21,25). The van der Waals surface area contributed by atoms with Crippen molar-refractivity contribution in [3.63, 3.8) is 0 Å². The van der Waals surface area contributed by atoms with Crippen molar-refractivity contribution in [3.05, 3.63) is 29.8 Å². The van der Waals surface area contributed by atoms with Gasteiger partial charge in [0.1, 0.15) is 0 Å². The summed E-state index contributed by atoms with van der Waals surface area (Å²) in [6.07, 6.45) is 2.00. The van der Waals surface area contributed by atoms with Gasteiger partial charge in [-0.2, -0.15) is 4.31 Å². The first-order chi connectivity index (χ1) is 13.4. The second kappa shape index (κ2) is 9.35. The van der Waals surface area contributed by atoms with Gasteiger partial charge in [0.15, 0.2) is 0 Å². The maximum Gasteiger partial charge on any atom is 0.243 e. The summed E-state index contributed by atoms with van der Waals surface area (Å²) in [4.78, 5) is 17.1. The molecule has 2 heterocycles. The van der Waals surface area contributed by atoms with Crippen molar-refractivity contribution in [2.24, 2.45) is 0 Å². The van der Waals surface area contributed by atoms with Gasteiger partial charge in [-0.25, -0.2) is 8.42 Å². The molecule has 1 amide bonds. The molecule has 28 heavy (non-hydrogen) atoms. The first-order valence-corrected chi connectivity index (χ1v) is 11.6. The fourth-order valence-corrected chi connectivity index (χ4v) is 5.28. The summed E-state index contributed by atoms with van der Waals surface area (Å²) in [5.41, 5.74) is 1.04. The lowest BCUT2D eigenvalue weighted by Crippen LogP contribution is -2.52. The number of piperazine rings is 1. The largest absolute Gasteiger partial charge is 0.352 e. The van der Waals surface area contributed by atoms with Crippen molar-refractivity contribution >= 4 is 15.9 Å². The number of aryl methyl sites for hydroxylation is 1. The van der Waals surface area contributed by atoms with Gasteiger partial charge in [0.2, 0.25) is 15.9 Å². The number of benzene rings is 1. The van der Waals surface area contributed by atoms with Crippen LogP contribution in [0.2, 0.25) is 0 Å². The molecule has 0 unspecified atom stereocenters. The maximum atomic E-state index is 12.8. The van der Waals surface area contributed by atoms with E-state index < -0.39 is 10.0 Å². The predicted octanol–water partition coefficient (Wildman–Crippen LogP) is 0.902. The molecule has 2 saturated heterocycles. The number of nitrogens with zero attached hydrogens (tertiary/aromatic N) is 3. The first kappa shape index (κ1) is 21.2. The third-order valence-corrected chi connectivity index (χ3v) is 7.67. The van der Waals surface area contributed by atoms with Gasteiger partial charge < -0.3 is 10.2 Å². The minimum Gasteiger partial charge on any atom is -0.352 e. The van der Waals surface area contributed by atoms with E-state index >= 15 is 0 Å². The highest BCUT2D eigenvalue weighted by atomic mass is 32.2. The van der Waals surface area contributed by atoms with E-state index in [-0.39, 0.29) is 11.9 Å². The van der Waals surface area contributed by atoms with Crippen LogP contribution in [0.4, 0.5) is 0 Å². The van der Waals surface area contributed by atoms with Gasteiger partial charge in [-0.1, -0.05) is 24.6 Å². The minimum atomic E-state index is -3.46. The molecule has 2 fully saturated rings. The molecule has 156 valence electrons.